The normalized spacial score (nSPS) is 11.9. The minimum absolute atomic E-state index is 0.0879. The first-order valence-corrected chi connectivity index (χ1v) is 6.72. The average Bonchev–Trinajstić information content (AvgIpc) is 2.44. The first-order chi connectivity index (χ1) is 9.81. The molecule has 0 spiro atoms. The molecule has 21 heavy (non-hydrogen) atoms. The topological polar surface area (TPSA) is 78.4 Å². The monoisotopic (exact) mass is 288 g/mol. The zero-order valence-corrected chi connectivity index (χ0v) is 12.7. The number of nitrogens with one attached hydrogen (secondary N) is 1. The van der Waals surface area contributed by atoms with Crippen LogP contribution in [0.4, 0.5) is 5.82 Å². The molecule has 2 rings (SSSR count). The number of carboxylic acids is 1. The maximum Gasteiger partial charge on any atom is 0.374 e. The molecule has 6 nitrogen and oxygen atoms in total. The highest BCUT2D eigenvalue weighted by atomic mass is 16.4. The van der Waals surface area contributed by atoms with E-state index in [-0.39, 0.29) is 11.4 Å². The Kier molecular flexibility index (Phi) is 4.09. The number of likely N-dealkylation sites (N-methyl/N-ethyl adjacent to an activating group) is 1. The summed E-state index contributed by atoms with van der Waals surface area (Å²) in [4.78, 5) is 21.4. The van der Waals surface area contributed by atoms with Crippen LogP contribution in [0, 0.1) is 0 Å². The van der Waals surface area contributed by atoms with Crippen LogP contribution in [0.3, 0.4) is 0 Å². The third-order valence-corrected chi connectivity index (χ3v) is 3.69. The predicted molar refractivity (Wildman–Crippen MR) is 82.8 cm³/mol. The minimum atomic E-state index is -1.13. The second kappa shape index (κ2) is 5.65. The van der Waals surface area contributed by atoms with Gasteiger partial charge in [-0.2, -0.15) is 0 Å². The van der Waals surface area contributed by atoms with Crippen molar-refractivity contribution in [2.75, 3.05) is 26.0 Å². The Morgan fingerprint density at radius 1 is 1.29 bits per heavy atom. The summed E-state index contributed by atoms with van der Waals surface area (Å²) in [6, 6.07) is 7.38. The lowest BCUT2D eigenvalue weighted by atomic mass is 10.0. The lowest BCUT2D eigenvalue weighted by Gasteiger charge is -2.33. The molecule has 6 heteroatoms. The Hall–Kier alpha value is -2.21. The van der Waals surface area contributed by atoms with E-state index in [1.54, 1.807) is 6.07 Å². The number of carboxylic acid groups (broad SMARTS) is 1. The van der Waals surface area contributed by atoms with Gasteiger partial charge in [-0.15, -0.1) is 0 Å². The molecular weight excluding hydrogens is 268 g/mol. The maximum absolute atomic E-state index is 11.1. The quantitative estimate of drug-likeness (QED) is 0.877. The van der Waals surface area contributed by atoms with Gasteiger partial charge in [-0.25, -0.2) is 14.8 Å². The summed E-state index contributed by atoms with van der Waals surface area (Å²) in [6.07, 6.45) is 0. The van der Waals surface area contributed by atoms with Crippen LogP contribution in [0.5, 0.6) is 0 Å². The van der Waals surface area contributed by atoms with Crippen LogP contribution in [-0.2, 0) is 0 Å². The summed E-state index contributed by atoms with van der Waals surface area (Å²) >= 11 is 0. The molecule has 1 aromatic heterocycles. The molecule has 0 bridgehead atoms. The first-order valence-electron chi connectivity index (χ1n) is 6.72. The molecule has 112 valence electrons. The summed E-state index contributed by atoms with van der Waals surface area (Å²) in [5.41, 5.74) is 0.533. The van der Waals surface area contributed by atoms with Gasteiger partial charge in [0.25, 0.3) is 0 Å². The second-order valence-corrected chi connectivity index (χ2v) is 5.78. The van der Waals surface area contributed by atoms with Gasteiger partial charge in [-0.1, -0.05) is 12.1 Å². The van der Waals surface area contributed by atoms with E-state index >= 15 is 0 Å². The van der Waals surface area contributed by atoms with E-state index in [1.165, 1.54) is 0 Å². The third kappa shape index (κ3) is 3.28. The number of nitrogens with zero attached hydrogens (tertiary/aromatic N) is 3. The number of anilines is 1. The van der Waals surface area contributed by atoms with Gasteiger partial charge in [0, 0.05) is 17.5 Å². The summed E-state index contributed by atoms with van der Waals surface area (Å²) in [5.74, 6) is -0.776. The molecule has 0 saturated heterocycles. The lowest BCUT2D eigenvalue weighted by molar-refractivity contribution is 0.0684. The van der Waals surface area contributed by atoms with Crippen LogP contribution in [0.25, 0.3) is 10.9 Å². The van der Waals surface area contributed by atoms with Crippen molar-refractivity contribution in [2.45, 2.75) is 19.4 Å². The number of rotatable bonds is 5. The van der Waals surface area contributed by atoms with Gasteiger partial charge in [0.15, 0.2) is 0 Å². The molecule has 1 aromatic carbocycles. The fraction of sp³-hybridized carbons (Fsp3) is 0.400. The number of fused-ring (bicyclic) bond motifs is 1. The summed E-state index contributed by atoms with van der Waals surface area (Å²) in [5, 5.41) is 13.2. The second-order valence-electron chi connectivity index (χ2n) is 5.78. The Morgan fingerprint density at radius 2 is 1.95 bits per heavy atom. The van der Waals surface area contributed by atoms with E-state index < -0.39 is 5.97 Å². The van der Waals surface area contributed by atoms with Crippen molar-refractivity contribution >= 4 is 22.7 Å². The van der Waals surface area contributed by atoms with Gasteiger partial charge in [-0.05, 0) is 40.1 Å². The lowest BCUT2D eigenvalue weighted by Crippen LogP contribution is -2.44. The van der Waals surface area contributed by atoms with Crippen LogP contribution in [0.2, 0.25) is 0 Å². The molecule has 0 aliphatic carbocycles. The van der Waals surface area contributed by atoms with Crippen molar-refractivity contribution in [2.24, 2.45) is 0 Å². The zero-order chi connectivity index (χ0) is 15.6. The van der Waals surface area contributed by atoms with E-state index in [4.69, 9.17) is 5.11 Å². The molecule has 0 radical (unpaired) electrons. The molecule has 1 heterocycles. The van der Waals surface area contributed by atoms with Gasteiger partial charge in [0.05, 0.1) is 5.52 Å². The van der Waals surface area contributed by atoms with E-state index in [1.807, 2.05) is 32.3 Å². The number of aromatic nitrogens is 2. The predicted octanol–water partition coefficient (Wildman–Crippen LogP) is 2.08. The van der Waals surface area contributed by atoms with Crippen molar-refractivity contribution in [1.82, 2.24) is 14.9 Å². The molecule has 2 N–H and O–H groups in total. The number of hydrogen-bond donors (Lipinski definition) is 2. The standard InChI is InChI=1S/C15H20N4O2/c1-15(2,19(3)4)9-16-12-10-7-5-6-8-11(10)17-13(18-12)14(20)21/h5-8H,9H2,1-4H3,(H,20,21)(H,16,17,18). The third-order valence-electron chi connectivity index (χ3n) is 3.69. The Morgan fingerprint density at radius 3 is 2.57 bits per heavy atom. The van der Waals surface area contributed by atoms with Gasteiger partial charge in [0.1, 0.15) is 5.82 Å². The Balaban J connectivity index is 2.40. The van der Waals surface area contributed by atoms with Gasteiger partial charge in [0.2, 0.25) is 5.82 Å². The van der Waals surface area contributed by atoms with Crippen LogP contribution in [-0.4, -0.2) is 52.1 Å². The number of hydrogen-bond acceptors (Lipinski definition) is 5. The van der Waals surface area contributed by atoms with Gasteiger partial charge in [-0.3, -0.25) is 0 Å². The summed E-state index contributed by atoms with van der Waals surface area (Å²) in [6.45, 7) is 4.84. The molecule has 0 aliphatic heterocycles. The molecule has 0 aliphatic rings. The van der Waals surface area contributed by atoms with Crippen molar-refractivity contribution < 1.29 is 9.90 Å². The van der Waals surface area contributed by atoms with E-state index in [2.05, 4.69) is 34.0 Å². The van der Waals surface area contributed by atoms with Crippen molar-refractivity contribution in [1.29, 1.82) is 0 Å². The molecule has 0 amide bonds. The molecule has 0 atom stereocenters. The highest BCUT2D eigenvalue weighted by Crippen LogP contribution is 2.21. The fourth-order valence-electron chi connectivity index (χ4n) is 1.77. The molecule has 0 saturated carbocycles. The number of aromatic carboxylic acids is 1. The molecular formula is C15H20N4O2. The maximum atomic E-state index is 11.1. The largest absolute Gasteiger partial charge is 0.475 e. The first kappa shape index (κ1) is 15.2. The number of carbonyl (C=O) groups is 1. The van der Waals surface area contributed by atoms with Crippen LogP contribution in [0.1, 0.15) is 24.5 Å². The molecule has 0 unspecified atom stereocenters. The van der Waals surface area contributed by atoms with Crippen LogP contribution in [0.15, 0.2) is 24.3 Å². The SMILES string of the molecule is CN(C)C(C)(C)CNc1nc(C(=O)O)nc2ccccc12. The fourth-order valence-corrected chi connectivity index (χ4v) is 1.77. The minimum Gasteiger partial charge on any atom is -0.475 e. The Bertz CT molecular complexity index is 668. The van der Waals surface area contributed by atoms with E-state index in [0.29, 0.717) is 17.9 Å². The Labute approximate surface area is 123 Å². The molecule has 0 fully saturated rings. The van der Waals surface area contributed by atoms with Crippen LogP contribution < -0.4 is 5.32 Å². The smallest absolute Gasteiger partial charge is 0.374 e. The van der Waals surface area contributed by atoms with Crippen molar-refractivity contribution in [3.8, 4) is 0 Å². The zero-order valence-electron chi connectivity index (χ0n) is 12.7. The van der Waals surface area contributed by atoms with Gasteiger partial charge < -0.3 is 15.3 Å². The summed E-state index contributed by atoms with van der Waals surface area (Å²) < 4.78 is 0. The van der Waals surface area contributed by atoms with Crippen molar-refractivity contribution in [3.05, 3.63) is 30.1 Å². The van der Waals surface area contributed by atoms with Crippen molar-refractivity contribution in [3.63, 3.8) is 0 Å². The summed E-state index contributed by atoms with van der Waals surface area (Å²) in [7, 11) is 4.00. The molecule has 2 aromatic rings. The average molecular weight is 288 g/mol. The highest BCUT2D eigenvalue weighted by Gasteiger charge is 2.21. The van der Waals surface area contributed by atoms with Gasteiger partial charge >= 0.3 is 5.97 Å². The van der Waals surface area contributed by atoms with E-state index in [9.17, 15) is 4.79 Å². The van der Waals surface area contributed by atoms with Crippen LogP contribution >= 0.6 is 0 Å². The number of para-hydroxylation sites is 1. The van der Waals surface area contributed by atoms with E-state index in [0.717, 1.165) is 5.39 Å². The highest BCUT2D eigenvalue weighted by molar-refractivity contribution is 5.93. The number of benzene rings is 1.